The van der Waals surface area contributed by atoms with E-state index in [1.165, 1.54) is 17.9 Å². The van der Waals surface area contributed by atoms with Gasteiger partial charge in [0, 0.05) is 44.4 Å². The fourth-order valence-corrected chi connectivity index (χ4v) is 11.7. The average molecular weight is 1190 g/mol. The molecule has 5 aromatic carbocycles. The van der Waals surface area contributed by atoms with Crippen molar-refractivity contribution < 1.29 is 54.8 Å². The van der Waals surface area contributed by atoms with Crippen LogP contribution >= 0.6 is 11.6 Å². The van der Waals surface area contributed by atoms with Crippen molar-refractivity contribution in [1.82, 2.24) is 24.8 Å². The third kappa shape index (κ3) is 12.8. The number of hydrogen-bond donors (Lipinski definition) is 0. The number of anilines is 3. The number of benzene rings is 5. The minimum absolute atomic E-state index is 0.0546. The minimum atomic E-state index is -5.09. The first-order valence-corrected chi connectivity index (χ1v) is 27.9. The summed E-state index contributed by atoms with van der Waals surface area (Å²) in [4.78, 5) is 26.6. The van der Waals surface area contributed by atoms with E-state index in [9.17, 15) is 0 Å². The maximum atomic E-state index is 18.7. The van der Waals surface area contributed by atoms with Crippen molar-refractivity contribution >= 4 is 40.0 Å². The van der Waals surface area contributed by atoms with Gasteiger partial charge in [0.15, 0.2) is 11.6 Å². The number of halogens is 7. The molecule has 0 aliphatic carbocycles. The second-order valence-electron chi connectivity index (χ2n) is 21.8. The number of likely N-dealkylation sites (N-methyl/N-ethyl adjacent to an activating group) is 1. The van der Waals surface area contributed by atoms with Crippen LogP contribution in [-0.2, 0) is 32.4 Å². The fourth-order valence-electron chi connectivity index (χ4n) is 11.4. The van der Waals surface area contributed by atoms with Crippen molar-refractivity contribution in [1.29, 1.82) is 0 Å². The van der Waals surface area contributed by atoms with Gasteiger partial charge in [0.05, 0.1) is 80.8 Å². The molecule has 10 rings (SSSR count). The number of hydrogen-bond acceptors (Lipinski definition) is 14. The summed E-state index contributed by atoms with van der Waals surface area (Å²) in [6, 6.07) is 32.9. The van der Waals surface area contributed by atoms with E-state index in [1.54, 1.807) is 90.8 Å². The van der Waals surface area contributed by atoms with Gasteiger partial charge in [-0.25, -0.2) is 23.1 Å². The van der Waals surface area contributed by atoms with Crippen LogP contribution < -0.4 is 43.1 Å². The highest BCUT2D eigenvalue weighted by Gasteiger charge is 2.51. The zero-order valence-electron chi connectivity index (χ0n) is 48.5. The first-order chi connectivity index (χ1) is 40.6. The zero-order valence-corrected chi connectivity index (χ0v) is 49.3. The summed E-state index contributed by atoms with van der Waals surface area (Å²) in [6.45, 7) is 6.92. The lowest BCUT2D eigenvalue weighted by Crippen LogP contribution is -2.48. The first-order valence-electron chi connectivity index (χ1n) is 27.5. The highest BCUT2D eigenvalue weighted by molar-refractivity contribution is 6.36. The fraction of sp³-hybridized carbons (Fsp3) is 0.344. The third-order valence-corrected chi connectivity index (χ3v) is 16.0. The Morgan fingerprint density at radius 2 is 1.25 bits per heavy atom. The van der Waals surface area contributed by atoms with Crippen molar-refractivity contribution in [3.05, 3.63) is 171 Å². The number of rotatable bonds is 20. The molecule has 0 bridgehead atoms. The average Bonchev–Trinajstić information content (AvgIpc) is 1.70. The number of aromatic nitrogens is 4. The molecule has 8 aromatic rings. The highest BCUT2D eigenvalue weighted by Crippen LogP contribution is 2.52. The molecule has 0 saturated carbocycles. The molecule has 2 aliphatic heterocycles. The van der Waals surface area contributed by atoms with Crippen LogP contribution in [0.15, 0.2) is 121 Å². The molecule has 0 N–H and O–H groups in total. The van der Waals surface area contributed by atoms with Crippen LogP contribution in [0.3, 0.4) is 0 Å². The molecule has 0 radical (unpaired) electrons. The van der Waals surface area contributed by atoms with Crippen molar-refractivity contribution in [2.45, 2.75) is 90.1 Å². The van der Waals surface area contributed by atoms with Gasteiger partial charge >= 0.3 is 12.2 Å². The molecule has 2 aliphatic rings. The van der Waals surface area contributed by atoms with E-state index < -0.39 is 81.9 Å². The maximum absolute atomic E-state index is 18.7. The van der Waals surface area contributed by atoms with Gasteiger partial charge in [-0.05, 0) is 123 Å². The molecule has 446 valence electrons. The Morgan fingerprint density at radius 3 is 1.72 bits per heavy atom. The molecule has 0 amide bonds. The largest absolute Gasteiger partial charge is 0.497 e. The second kappa shape index (κ2) is 24.4. The first kappa shape index (κ1) is 59.9. The Hall–Kier alpha value is -8.23. The van der Waals surface area contributed by atoms with Crippen molar-refractivity contribution in [3.63, 3.8) is 0 Å². The Labute approximate surface area is 494 Å². The Kier molecular flexibility index (Phi) is 17.2. The lowest BCUT2D eigenvalue weighted by molar-refractivity contribution is -0.137. The number of nitrogens with zero attached hydrogens (tertiary/aromatic N) is 8. The van der Waals surface area contributed by atoms with Crippen LogP contribution in [0.5, 0.6) is 34.8 Å². The van der Waals surface area contributed by atoms with E-state index in [4.69, 9.17) is 55.0 Å². The molecule has 2 atom stereocenters. The lowest BCUT2D eigenvalue weighted by Gasteiger charge is -2.36. The van der Waals surface area contributed by atoms with Gasteiger partial charge in [-0.1, -0.05) is 66.2 Å². The second-order valence-corrected chi connectivity index (χ2v) is 22.2. The number of pyridine rings is 2. The quantitative estimate of drug-likeness (QED) is 0.0673. The van der Waals surface area contributed by atoms with Crippen LogP contribution in [0.2, 0.25) is 5.02 Å². The zero-order chi connectivity index (χ0) is 60.5. The van der Waals surface area contributed by atoms with E-state index in [-0.39, 0.29) is 54.6 Å². The predicted octanol–water partition coefficient (Wildman–Crippen LogP) is 14.1. The summed E-state index contributed by atoms with van der Waals surface area (Å²) >= 11 is 7.38. The normalized spacial score (nSPS) is 15.5. The number of likely N-dealkylation sites (tertiary alicyclic amines) is 1. The van der Waals surface area contributed by atoms with Crippen LogP contribution in [0.1, 0.15) is 72.2 Å². The van der Waals surface area contributed by atoms with Crippen LogP contribution in [0, 0.1) is 12.7 Å². The van der Waals surface area contributed by atoms with Crippen LogP contribution in [0.25, 0.3) is 22.2 Å². The Bertz CT molecular complexity index is 3580. The molecular formula is C64H65ClF6N8O6. The summed E-state index contributed by atoms with van der Waals surface area (Å²) in [6.07, 6.45) is -3.96. The molecule has 21 heteroatoms. The smallest absolute Gasteiger partial charge is 0.418 e. The molecule has 3 aromatic heterocycles. The topological polar surface area (TPSA) is 120 Å². The monoisotopic (exact) mass is 1190 g/mol. The molecule has 1 fully saturated rings. The molecule has 85 heavy (non-hydrogen) atoms. The van der Waals surface area contributed by atoms with Crippen molar-refractivity contribution in [2.24, 2.45) is 0 Å². The molecular weight excluding hydrogens is 1130 g/mol. The molecule has 5 heterocycles. The van der Waals surface area contributed by atoms with Crippen molar-refractivity contribution in [3.8, 4) is 46.0 Å². The molecule has 14 nitrogen and oxygen atoms in total. The maximum Gasteiger partial charge on any atom is 0.418 e. The van der Waals surface area contributed by atoms with Crippen LogP contribution in [-0.4, -0.2) is 97.6 Å². The van der Waals surface area contributed by atoms with E-state index >= 15 is 26.3 Å². The Balaban J connectivity index is 1.16. The van der Waals surface area contributed by atoms with E-state index in [0.29, 0.717) is 47.5 Å². The molecule has 0 unspecified atom stereocenters. The standard InChI is InChI=1S/C64H65ClF6N8O6/c1-38-31-50(77(33-40-12-20-44(80-6)21-13-40)34-41-14-22-45(81-7)23-15-41)73-56(53(38)64(69,70)71)51-54(65)58-52-57(55(51)66)74-61(85-62(3,4)49-32-63(67,68)37-76(49)5)75-60(52)79(29-30-84-58)39(2)48-11-10-28-72-59(48)78(35-42-16-24-46(82-8)25-17-42)36-43-18-26-47(83-9)27-19-43/h10-28,31,39,49H,29-30,32-37H2,1-9H3/t39-,49+/m1/s1. The third-order valence-electron chi connectivity index (χ3n) is 15.7. The highest BCUT2D eigenvalue weighted by atomic mass is 35.5. The lowest BCUT2D eigenvalue weighted by atomic mass is 9.95. The van der Waals surface area contributed by atoms with Gasteiger partial charge in [-0.15, -0.1) is 0 Å². The van der Waals surface area contributed by atoms with Gasteiger partial charge in [0.1, 0.15) is 58.2 Å². The van der Waals surface area contributed by atoms with Gasteiger partial charge in [0.25, 0.3) is 5.92 Å². The Morgan fingerprint density at radius 1 is 0.741 bits per heavy atom. The minimum Gasteiger partial charge on any atom is -0.497 e. The summed E-state index contributed by atoms with van der Waals surface area (Å²) in [5.41, 5.74) is -0.844. The summed E-state index contributed by atoms with van der Waals surface area (Å²) in [5, 5.41) is -0.571. The molecule has 1 saturated heterocycles. The summed E-state index contributed by atoms with van der Waals surface area (Å²) < 4.78 is 131. The van der Waals surface area contributed by atoms with Gasteiger partial charge in [-0.2, -0.15) is 23.1 Å². The van der Waals surface area contributed by atoms with Gasteiger partial charge in [0.2, 0.25) is 0 Å². The molecule has 0 spiro atoms. The van der Waals surface area contributed by atoms with E-state index in [1.807, 2.05) is 90.7 Å². The van der Waals surface area contributed by atoms with Gasteiger partial charge < -0.3 is 43.1 Å². The van der Waals surface area contributed by atoms with Gasteiger partial charge in [-0.3, -0.25) is 4.90 Å². The number of methoxy groups -OCH3 is 4. The van der Waals surface area contributed by atoms with E-state index in [0.717, 1.165) is 22.3 Å². The number of aryl methyl sites for hydroxylation is 1. The van der Waals surface area contributed by atoms with Crippen molar-refractivity contribution in [2.75, 3.05) is 69.9 Å². The number of ether oxygens (including phenoxy) is 6. The SMILES string of the molecule is COc1ccc(CN(Cc2ccc(OC)cc2)c2cc(C)c(C(F)(F)F)c(-c3c(Cl)c4c5c(nc(OC(C)(C)[C@@H]6CC(F)(F)CN6C)nc5c3F)N([C@H](C)c3cccnc3N(Cc3ccc(OC)cc3)Cc3ccc(OC)cc3)CCO4)n2)cc1. The number of alkyl halides is 5. The summed E-state index contributed by atoms with van der Waals surface area (Å²) in [5.74, 6) is -1.23. The predicted molar refractivity (Wildman–Crippen MR) is 315 cm³/mol. The van der Waals surface area contributed by atoms with E-state index in [2.05, 4.69) is 9.88 Å². The summed E-state index contributed by atoms with van der Waals surface area (Å²) in [7, 11) is 7.84. The van der Waals surface area contributed by atoms with Crippen LogP contribution in [0.4, 0.5) is 43.8 Å².